The molecule has 4 aliphatic rings. The van der Waals surface area contributed by atoms with Crippen LogP contribution in [-0.2, 0) is 19.1 Å². The lowest BCUT2D eigenvalue weighted by Gasteiger charge is -2.65. The summed E-state index contributed by atoms with van der Waals surface area (Å²) >= 11 is 0. The molecule has 0 aromatic carbocycles. The zero-order chi connectivity index (χ0) is 20.6. The van der Waals surface area contributed by atoms with Gasteiger partial charge >= 0.3 is 11.9 Å². The van der Waals surface area contributed by atoms with Crippen molar-refractivity contribution in [3.05, 3.63) is 11.6 Å². The molecular formula is C22H32O6. The Kier molecular flexibility index (Phi) is 4.30. The molecule has 28 heavy (non-hydrogen) atoms. The third-order valence-corrected chi connectivity index (χ3v) is 8.32. The quantitative estimate of drug-likeness (QED) is 0.666. The minimum Gasteiger partial charge on any atom is -0.459 e. The molecule has 6 nitrogen and oxygen atoms in total. The number of fused-ring (bicyclic) bond motifs is 4. The molecule has 0 unspecified atom stereocenters. The molecule has 1 aliphatic heterocycles. The Labute approximate surface area is 166 Å². The van der Waals surface area contributed by atoms with Crippen molar-refractivity contribution in [2.45, 2.75) is 78.3 Å². The Morgan fingerprint density at radius 3 is 2.61 bits per heavy atom. The number of carbonyl (C=O) groups is 2. The predicted molar refractivity (Wildman–Crippen MR) is 101 cm³/mol. The van der Waals surface area contributed by atoms with Crippen LogP contribution in [0, 0.1) is 34.5 Å². The highest BCUT2D eigenvalue weighted by Crippen LogP contribution is 2.67. The third kappa shape index (κ3) is 2.60. The van der Waals surface area contributed by atoms with Gasteiger partial charge in [-0.3, -0.25) is 4.79 Å². The molecule has 8 atom stereocenters. The molecule has 2 N–H and O–H groups in total. The number of aliphatic hydroxyl groups excluding tert-OH is 1. The van der Waals surface area contributed by atoms with E-state index in [2.05, 4.69) is 20.8 Å². The Morgan fingerprint density at radius 1 is 1.29 bits per heavy atom. The van der Waals surface area contributed by atoms with E-state index >= 15 is 0 Å². The summed E-state index contributed by atoms with van der Waals surface area (Å²) in [7, 11) is 0. The molecule has 6 heteroatoms. The van der Waals surface area contributed by atoms with Gasteiger partial charge in [-0.25, -0.2) is 4.79 Å². The summed E-state index contributed by atoms with van der Waals surface area (Å²) in [6, 6.07) is 0. The topological polar surface area (TPSA) is 93.1 Å². The molecule has 0 bridgehead atoms. The van der Waals surface area contributed by atoms with Crippen molar-refractivity contribution in [3.63, 3.8) is 0 Å². The number of hydrogen-bond donors (Lipinski definition) is 2. The van der Waals surface area contributed by atoms with Crippen LogP contribution in [0.5, 0.6) is 0 Å². The van der Waals surface area contributed by atoms with E-state index in [4.69, 9.17) is 9.47 Å². The van der Waals surface area contributed by atoms with Crippen LogP contribution in [0.1, 0.15) is 60.3 Å². The summed E-state index contributed by atoms with van der Waals surface area (Å²) in [5, 5.41) is 22.6. The van der Waals surface area contributed by atoms with Crippen molar-refractivity contribution in [2.75, 3.05) is 0 Å². The highest BCUT2D eigenvalue weighted by atomic mass is 16.7. The second-order valence-corrected chi connectivity index (χ2v) is 10.4. The van der Waals surface area contributed by atoms with E-state index in [1.54, 1.807) is 0 Å². The fourth-order valence-corrected chi connectivity index (χ4v) is 7.45. The highest BCUT2D eigenvalue weighted by Gasteiger charge is 2.68. The molecule has 3 fully saturated rings. The van der Waals surface area contributed by atoms with E-state index in [-0.39, 0.29) is 46.9 Å². The molecule has 3 saturated carbocycles. The maximum absolute atomic E-state index is 11.9. The molecule has 0 amide bonds. The molecular weight excluding hydrogens is 360 g/mol. The van der Waals surface area contributed by atoms with Gasteiger partial charge in [0.2, 0.25) is 5.79 Å². The summed E-state index contributed by atoms with van der Waals surface area (Å²) in [6.07, 6.45) is 3.19. The van der Waals surface area contributed by atoms with Crippen LogP contribution >= 0.6 is 0 Å². The molecule has 0 aromatic heterocycles. The van der Waals surface area contributed by atoms with Gasteiger partial charge in [-0.2, -0.15) is 0 Å². The average molecular weight is 392 g/mol. The first kappa shape index (κ1) is 19.9. The van der Waals surface area contributed by atoms with Gasteiger partial charge in [0, 0.05) is 30.9 Å². The highest BCUT2D eigenvalue weighted by molar-refractivity contribution is 5.86. The third-order valence-electron chi connectivity index (χ3n) is 8.32. The zero-order valence-electron chi connectivity index (χ0n) is 17.4. The lowest BCUT2D eigenvalue weighted by molar-refractivity contribution is -0.265. The van der Waals surface area contributed by atoms with Gasteiger partial charge in [0.05, 0.1) is 6.10 Å². The largest absolute Gasteiger partial charge is 0.459 e. The first-order valence-electron chi connectivity index (χ1n) is 10.4. The minimum absolute atomic E-state index is 0.0349. The van der Waals surface area contributed by atoms with Crippen molar-refractivity contribution < 1.29 is 29.3 Å². The zero-order valence-corrected chi connectivity index (χ0v) is 17.4. The maximum atomic E-state index is 11.9. The lowest BCUT2D eigenvalue weighted by Crippen LogP contribution is -2.67. The van der Waals surface area contributed by atoms with Crippen LogP contribution in [0.4, 0.5) is 0 Å². The van der Waals surface area contributed by atoms with Crippen molar-refractivity contribution in [1.29, 1.82) is 0 Å². The van der Waals surface area contributed by atoms with Crippen LogP contribution in [0.15, 0.2) is 11.6 Å². The number of ether oxygens (including phenoxy) is 2. The second kappa shape index (κ2) is 6.05. The first-order chi connectivity index (χ1) is 12.9. The summed E-state index contributed by atoms with van der Waals surface area (Å²) in [6.45, 7) is 9.89. The standard InChI is InChI=1S/C22H32O6/c1-11-13-9-15(24)28-22(13,26)10-14-16(11)17(25)18(27-12(2)23)19-20(3,4)7-6-8-21(14,19)5/h9,11,14,16-19,25-26H,6-8,10H2,1-5H3/t11-,14+,16-,17+,18+,19-,21-,22+/m0/s1. The van der Waals surface area contributed by atoms with E-state index in [1.165, 1.54) is 13.0 Å². The minimum atomic E-state index is -1.58. The Bertz CT molecular complexity index is 741. The Morgan fingerprint density at radius 2 is 1.96 bits per heavy atom. The van der Waals surface area contributed by atoms with Gasteiger partial charge < -0.3 is 19.7 Å². The van der Waals surface area contributed by atoms with Gasteiger partial charge in [0.1, 0.15) is 6.10 Å². The lowest BCUT2D eigenvalue weighted by atomic mass is 9.41. The molecule has 156 valence electrons. The van der Waals surface area contributed by atoms with Crippen LogP contribution < -0.4 is 0 Å². The van der Waals surface area contributed by atoms with Crippen LogP contribution in [0.25, 0.3) is 0 Å². The Hall–Kier alpha value is -1.40. The molecule has 0 radical (unpaired) electrons. The van der Waals surface area contributed by atoms with Gasteiger partial charge in [-0.05, 0) is 41.4 Å². The summed E-state index contributed by atoms with van der Waals surface area (Å²) in [5.74, 6) is -3.02. The number of rotatable bonds is 1. The first-order valence-corrected chi connectivity index (χ1v) is 10.4. The van der Waals surface area contributed by atoms with Gasteiger partial charge in [-0.1, -0.05) is 34.1 Å². The van der Waals surface area contributed by atoms with Crippen molar-refractivity contribution >= 4 is 11.9 Å². The average Bonchev–Trinajstić information content (AvgIpc) is 2.85. The van der Waals surface area contributed by atoms with Crippen LogP contribution in [0.3, 0.4) is 0 Å². The fourth-order valence-electron chi connectivity index (χ4n) is 7.45. The van der Waals surface area contributed by atoms with Gasteiger partial charge in [-0.15, -0.1) is 0 Å². The molecule has 4 rings (SSSR count). The van der Waals surface area contributed by atoms with E-state index in [9.17, 15) is 19.8 Å². The second-order valence-electron chi connectivity index (χ2n) is 10.4. The number of carbonyl (C=O) groups excluding carboxylic acids is 2. The predicted octanol–water partition coefficient (Wildman–Crippen LogP) is 2.57. The van der Waals surface area contributed by atoms with Crippen LogP contribution in [0.2, 0.25) is 0 Å². The summed E-state index contributed by atoms with van der Waals surface area (Å²) < 4.78 is 11.1. The van der Waals surface area contributed by atoms with Crippen molar-refractivity contribution in [2.24, 2.45) is 34.5 Å². The Balaban J connectivity index is 1.84. The van der Waals surface area contributed by atoms with Gasteiger partial charge in [0.15, 0.2) is 0 Å². The van der Waals surface area contributed by atoms with E-state index < -0.39 is 24.0 Å². The SMILES string of the molecule is CC(=O)O[C@@H]1[C@H](O)[C@@H]2[C@@H](C[C@@]3(O)OC(=O)C=C3[C@@H]2C)[C@]2(C)CCCC(C)(C)[C@H]12. The molecule has 0 saturated heterocycles. The monoisotopic (exact) mass is 392 g/mol. The van der Waals surface area contributed by atoms with Gasteiger partial charge in [0.25, 0.3) is 0 Å². The van der Waals surface area contributed by atoms with Crippen molar-refractivity contribution in [3.8, 4) is 0 Å². The number of esters is 2. The fraction of sp³-hybridized carbons (Fsp3) is 0.818. The summed E-state index contributed by atoms with van der Waals surface area (Å²) in [4.78, 5) is 23.8. The molecule has 3 aliphatic carbocycles. The van der Waals surface area contributed by atoms with E-state index in [0.717, 1.165) is 19.3 Å². The molecule has 0 spiro atoms. The number of hydrogen-bond acceptors (Lipinski definition) is 6. The van der Waals surface area contributed by atoms with E-state index in [1.807, 2.05) is 6.92 Å². The summed E-state index contributed by atoms with van der Waals surface area (Å²) in [5.41, 5.74) is 0.181. The van der Waals surface area contributed by atoms with Crippen LogP contribution in [-0.4, -0.2) is 40.1 Å². The maximum Gasteiger partial charge on any atom is 0.333 e. The van der Waals surface area contributed by atoms with Crippen molar-refractivity contribution in [1.82, 2.24) is 0 Å². The smallest absolute Gasteiger partial charge is 0.333 e. The normalized spacial score (nSPS) is 49.2. The number of aliphatic hydroxyl groups is 2. The van der Waals surface area contributed by atoms with E-state index in [0.29, 0.717) is 5.57 Å². The molecule has 1 heterocycles. The molecule has 0 aromatic rings.